The fraction of sp³-hybridized carbons (Fsp3) is 0.533. The number of ether oxygens (including phenoxy) is 1. The van der Waals surface area contributed by atoms with E-state index in [0.717, 1.165) is 12.8 Å². The second kappa shape index (κ2) is 6.45. The van der Waals surface area contributed by atoms with E-state index in [1.54, 1.807) is 25.2 Å². The third-order valence-electron chi connectivity index (χ3n) is 3.57. The molecule has 0 saturated heterocycles. The van der Waals surface area contributed by atoms with Crippen molar-refractivity contribution in [2.45, 2.75) is 44.6 Å². The van der Waals surface area contributed by atoms with E-state index >= 15 is 0 Å². The molecule has 1 aromatic rings. The van der Waals surface area contributed by atoms with Gasteiger partial charge in [0.15, 0.2) is 0 Å². The molecule has 4 heteroatoms. The summed E-state index contributed by atoms with van der Waals surface area (Å²) in [6.07, 6.45) is 7.26. The van der Waals surface area contributed by atoms with Crippen LogP contribution in [0, 0.1) is 0 Å². The van der Waals surface area contributed by atoms with Crippen LogP contribution in [0.15, 0.2) is 18.2 Å². The van der Waals surface area contributed by atoms with E-state index in [4.69, 9.17) is 10.5 Å². The topological polar surface area (TPSA) is 64.4 Å². The molecule has 2 rings (SSSR count). The highest BCUT2D eigenvalue weighted by atomic mass is 16.5. The average Bonchev–Trinajstić information content (AvgIpc) is 2.67. The number of carbonyl (C=O) groups is 1. The molecule has 19 heavy (non-hydrogen) atoms. The number of hydrogen-bond donors (Lipinski definition) is 2. The van der Waals surface area contributed by atoms with Crippen molar-refractivity contribution in [2.75, 3.05) is 12.8 Å². The minimum absolute atomic E-state index is 0.136. The Labute approximate surface area is 114 Å². The van der Waals surface area contributed by atoms with Gasteiger partial charge in [0.1, 0.15) is 5.75 Å². The lowest BCUT2D eigenvalue weighted by Gasteiger charge is -2.19. The second-order valence-corrected chi connectivity index (χ2v) is 5.07. The van der Waals surface area contributed by atoms with Gasteiger partial charge < -0.3 is 15.8 Å². The first-order valence-corrected chi connectivity index (χ1v) is 6.99. The quantitative estimate of drug-likeness (QED) is 0.650. The second-order valence-electron chi connectivity index (χ2n) is 5.07. The van der Waals surface area contributed by atoms with E-state index in [2.05, 4.69) is 5.32 Å². The summed E-state index contributed by atoms with van der Waals surface area (Å²) in [6.45, 7) is 0. The first-order chi connectivity index (χ1) is 9.20. The highest BCUT2D eigenvalue weighted by molar-refractivity contribution is 5.97. The maximum atomic E-state index is 11.8. The van der Waals surface area contributed by atoms with Crippen molar-refractivity contribution < 1.29 is 9.53 Å². The fourth-order valence-corrected chi connectivity index (χ4v) is 2.50. The van der Waals surface area contributed by atoms with Crippen LogP contribution >= 0.6 is 0 Å². The Morgan fingerprint density at radius 3 is 2.58 bits per heavy atom. The minimum Gasteiger partial charge on any atom is -0.490 e. The van der Waals surface area contributed by atoms with Crippen LogP contribution < -0.4 is 15.8 Å². The van der Waals surface area contributed by atoms with Crippen LogP contribution in [0.4, 0.5) is 5.69 Å². The van der Waals surface area contributed by atoms with Crippen LogP contribution in [0.25, 0.3) is 0 Å². The number of nitrogens with two attached hydrogens (primary N) is 1. The molecular formula is C15H22N2O2. The Morgan fingerprint density at radius 2 is 1.95 bits per heavy atom. The molecule has 1 amide bonds. The number of nitrogens with one attached hydrogen (secondary N) is 1. The van der Waals surface area contributed by atoms with Crippen LogP contribution in [0.5, 0.6) is 5.75 Å². The third-order valence-corrected chi connectivity index (χ3v) is 3.57. The Hall–Kier alpha value is -1.71. The summed E-state index contributed by atoms with van der Waals surface area (Å²) in [5, 5.41) is 2.63. The molecule has 1 fully saturated rings. The van der Waals surface area contributed by atoms with Crippen LogP contribution in [-0.4, -0.2) is 19.1 Å². The Morgan fingerprint density at radius 1 is 1.26 bits per heavy atom. The zero-order chi connectivity index (χ0) is 13.7. The fourth-order valence-electron chi connectivity index (χ4n) is 2.50. The summed E-state index contributed by atoms with van der Waals surface area (Å²) < 4.78 is 6.03. The zero-order valence-electron chi connectivity index (χ0n) is 11.4. The van der Waals surface area contributed by atoms with Gasteiger partial charge in [-0.25, -0.2) is 0 Å². The van der Waals surface area contributed by atoms with Gasteiger partial charge >= 0.3 is 0 Å². The van der Waals surface area contributed by atoms with Crippen LogP contribution in [0.2, 0.25) is 0 Å². The number of carbonyl (C=O) groups excluding carboxylic acids is 1. The predicted molar refractivity (Wildman–Crippen MR) is 76.4 cm³/mol. The lowest BCUT2D eigenvalue weighted by atomic mass is 10.1. The maximum absolute atomic E-state index is 11.8. The molecule has 0 unspecified atom stereocenters. The Kier molecular flexibility index (Phi) is 4.66. The van der Waals surface area contributed by atoms with E-state index in [1.807, 2.05) is 0 Å². The Bertz CT molecular complexity index is 438. The smallest absolute Gasteiger partial charge is 0.254 e. The van der Waals surface area contributed by atoms with Crippen LogP contribution in [0.3, 0.4) is 0 Å². The summed E-state index contributed by atoms with van der Waals surface area (Å²) >= 11 is 0. The van der Waals surface area contributed by atoms with Crippen LogP contribution in [0.1, 0.15) is 48.9 Å². The van der Waals surface area contributed by atoms with Gasteiger partial charge in [0.05, 0.1) is 11.7 Å². The van der Waals surface area contributed by atoms with Gasteiger partial charge in [-0.15, -0.1) is 0 Å². The molecular weight excluding hydrogens is 240 g/mol. The van der Waals surface area contributed by atoms with Gasteiger partial charge in [-0.1, -0.05) is 12.8 Å². The first-order valence-electron chi connectivity index (χ1n) is 6.99. The molecule has 0 aromatic heterocycles. The minimum atomic E-state index is -0.136. The maximum Gasteiger partial charge on any atom is 0.254 e. The number of hydrogen-bond acceptors (Lipinski definition) is 3. The largest absolute Gasteiger partial charge is 0.490 e. The van der Waals surface area contributed by atoms with Gasteiger partial charge in [0, 0.05) is 18.8 Å². The SMILES string of the molecule is CNC(=O)c1ccc(N)cc1OC1CCCCCC1. The number of nitrogen functional groups attached to an aromatic ring is 1. The summed E-state index contributed by atoms with van der Waals surface area (Å²) in [7, 11) is 1.62. The summed E-state index contributed by atoms with van der Waals surface area (Å²) in [5.41, 5.74) is 6.97. The molecule has 1 aliphatic carbocycles. The highest BCUT2D eigenvalue weighted by Crippen LogP contribution is 2.27. The van der Waals surface area contributed by atoms with Crippen molar-refractivity contribution in [1.82, 2.24) is 5.32 Å². The molecule has 4 nitrogen and oxygen atoms in total. The predicted octanol–water partition coefficient (Wildman–Crippen LogP) is 2.73. The van der Waals surface area contributed by atoms with Gasteiger partial charge in [0.2, 0.25) is 0 Å². The molecule has 0 atom stereocenters. The van der Waals surface area contributed by atoms with Gasteiger partial charge in [-0.05, 0) is 37.8 Å². The third kappa shape index (κ3) is 3.63. The van der Waals surface area contributed by atoms with Gasteiger partial charge in [-0.3, -0.25) is 4.79 Å². The molecule has 0 spiro atoms. The van der Waals surface area contributed by atoms with Crippen molar-refractivity contribution in [3.63, 3.8) is 0 Å². The van der Waals surface area contributed by atoms with E-state index in [-0.39, 0.29) is 12.0 Å². The lowest BCUT2D eigenvalue weighted by Crippen LogP contribution is -2.22. The number of benzene rings is 1. The van der Waals surface area contributed by atoms with E-state index in [1.165, 1.54) is 25.7 Å². The molecule has 0 aliphatic heterocycles. The molecule has 0 heterocycles. The molecule has 3 N–H and O–H groups in total. The number of anilines is 1. The molecule has 1 aromatic carbocycles. The molecule has 104 valence electrons. The molecule has 1 aliphatic rings. The van der Waals surface area contributed by atoms with E-state index in [0.29, 0.717) is 17.0 Å². The monoisotopic (exact) mass is 262 g/mol. The number of amides is 1. The summed E-state index contributed by atoms with van der Waals surface area (Å²) in [5.74, 6) is 0.467. The van der Waals surface area contributed by atoms with Crippen molar-refractivity contribution in [2.24, 2.45) is 0 Å². The molecule has 0 radical (unpaired) electrons. The van der Waals surface area contributed by atoms with Crippen molar-refractivity contribution in [3.05, 3.63) is 23.8 Å². The lowest BCUT2D eigenvalue weighted by molar-refractivity contribution is 0.0954. The van der Waals surface area contributed by atoms with Crippen molar-refractivity contribution in [3.8, 4) is 5.75 Å². The zero-order valence-corrected chi connectivity index (χ0v) is 11.4. The van der Waals surface area contributed by atoms with E-state index in [9.17, 15) is 4.79 Å². The number of rotatable bonds is 3. The van der Waals surface area contributed by atoms with E-state index < -0.39 is 0 Å². The van der Waals surface area contributed by atoms with Crippen LogP contribution in [-0.2, 0) is 0 Å². The Balaban J connectivity index is 2.17. The van der Waals surface area contributed by atoms with Crippen molar-refractivity contribution in [1.29, 1.82) is 0 Å². The standard InChI is InChI=1S/C15H22N2O2/c1-17-15(18)13-9-8-11(16)10-14(13)19-12-6-4-2-3-5-7-12/h8-10,12H,2-7,16H2,1H3,(H,17,18). The highest BCUT2D eigenvalue weighted by Gasteiger charge is 2.18. The van der Waals surface area contributed by atoms with Gasteiger partial charge in [0.25, 0.3) is 5.91 Å². The normalized spacial score (nSPS) is 16.7. The summed E-state index contributed by atoms with van der Waals surface area (Å²) in [6, 6.07) is 5.19. The van der Waals surface area contributed by atoms with Gasteiger partial charge in [-0.2, -0.15) is 0 Å². The first kappa shape index (κ1) is 13.7. The van der Waals surface area contributed by atoms with Crippen molar-refractivity contribution >= 4 is 11.6 Å². The molecule has 0 bridgehead atoms. The molecule has 1 saturated carbocycles. The summed E-state index contributed by atoms with van der Waals surface area (Å²) in [4.78, 5) is 11.8. The average molecular weight is 262 g/mol.